The van der Waals surface area contributed by atoms with E-state index in [1.807, 2.05) is 6.20 Å². The van der Waals surface area contributed by atoms with Gasteiger partial charge in [0.15, 0.2) is 0 Å². The van der Waals surface area contributed by atoms with Crippen LogP contribution in [0.3, 0.4) is 0 Å². The van der Waals surface area contributed by atoms with Gasteiger partial charge in [0, 0.05) is 23.8 Å². The SMILES string of the molecule is Cc1ccnn1CCCCCCCCCBr. The minimum atomic E-state index is 1.08. The quantitative estimate of drug-likeness (QED) is 0.488. The van der Waals surface area contributed by atoms with Gasteiger partial charge in [0.1, 0.15) is 0 Å². The molecule has 0 saturated heterocycles. The highest BCUT2D eigenvalue weighted by molar-refractivity contribution is 9.09. The van der Waals surface area contributed by atoms with Crippen LogP contribution in [-0.2, 0) is 6.54 Å². The van der Waals surface area contributed by atoms with Crippen molar-refractivity contribution in [2.45, 2.75) is 58.4 Å². The summed E-state index contributed by atoms with van der Waals surface area (Å²) in [5.74, 6) is 0. The Bertz CT molecular complexity index is 271. The number of nitrogens with zero attached hydrogens (tertiary/aromatic N) is 2. The molecule has 0 aliphatic carbocycles. The highest BCUT2D eigenvalue weighted by Crippen LogP contribution is 2.09. The molecule has 2 nitrogen and oxygen atoms in total. The van der Waals surface area contributed by atoms with Crippen LogP contribution in [0.1, 0.15) is 50.6 Å². The predicted molar refractivity (Wildman–Crippen MR) is 73.1 cm³/mol. The molecular formula is C13H23BrN2. The molecule has 0 saturated carbocycles. The van der Waals surface area contributed by atoms with Gasteiger partial charge in [0.2, 0.25) is 0 Å². The Morgan fingerprint density at radius 2 is 1.69 bits per heavy atom. The standard InChI is InChI=1S/C13H23BrN2/c1-13-9-11-15-16(13)12-8-6-4-2-3-5-7-10-14/h9,11H,2-8,10,12H2,1H3. The molecule has 0 fully saturated rings. The highest BCUT2D eigenvalue weighted by atomic mass is 79.9. The number of alkyl halides is 1. The normalized spacial score (nSPS) is 10.9. The van der Waals surface area contributed by atoms with E-state index in [0.717, 1.165) is 11.9 Å². The zero-order valence-electron chi connectivity index (χ0n) is 10.3. The predicted octanol–water partition coefficient (Wildman–Crippen LogP) is 4.32. The Morgan fingerprint density at radius 1 is 1.06 bits per heavy atom. The first-order chi connectivity index (χ1) is 7.84. The molecule has 0 atom stereocenters. The van der Waals surface area contributed by atoms with Gasteiger partial charge in [-0.3, -0.25) is 4.68 Å². The molecule has 0 unspecified atom stereocenters. The number of halogens is 1. The first kappa shape index (κ1) is 13.8. The molecule has 0 spiro atoms. The Hall–Kier alpha value is -0.310. The second-order valence-corrected chi connectivity index (χ2v) is 5.15. The minimum Gasteiger partial charge on any atom is -0.270 e. The summed E-state index contributed by atoms with van der Waals surface area (Å²) >= 11 is 3.46. The molecule has 0 radical (unpaired) electrons. The van der Waals surface area contributed by atoms with E-state index in [-0.39, 0.29) is 0 Å². The third-order valence-corrected chi connectivity index (χ3v) is 3.49. The van der Waals surface area contributed by atoms with Crippen molar-refractivity contribution < 1.29 is 0 Å². The number of rotatable bonds is 9. The summed E-state index contributed by atoms with van der Waals surface area (Å²) in [5.41, 5.74) is 1.28. The largest absolute Gasteiger partial charge is 0.270 e. The third kappa shape index (κ3) is 5.69. The van der Waals surface area contributed by atoms with E-state index < -0.39 is 0 Å². The smallest absolute Gasteiger partial charge is 0.0492 e. The summed E-state index contributed by atoms with van der Waals surface area (Å²) in [6.45, 7) is 3.20. The van der Waals surface area contributed by atoms with Gasteiger partial charge in [-0.25, -0.2) is 0 Å². The van der Waals surface area contributed by atoms with Crippen LogP contribution >= 0.6 is 15.9 Å². The summed E-state index contributed by atoms with van der Waals surface area (Å²) in [6, 6.07) is 2.07. The summed E-state index contributed by atoms with van der Waals surface area (Å²) in [6.07, 6.45) is 11.4. The van der Waals surface area contributed by atoms with Crippen molar-refractivity contribution in [3.8, 4) is 0 Å². The molecule has 16 heavy (non-hydrogen) atoms. The lowest BCUT2D eigenvalue weighted by atomic mass is 10.1. The molecule has 0 N–H and O–H groups in total. The van der Waals surface area contributed by atoms with Crippen LogP contribution in [0.15, 0.2) is 12.3 Å². The Kier molecular flexibility index (Phi) is 7.56. The molecule has 1 heterocycles. The number of hydrogen-bond donors (Lipinski definition) is 0. The van der Waals surface area contributed by atoms with Gasteiger partial charge in [-0.05, 0) is 25.8 Å². The Morgan fingerprint density at radius 3 is 2.25 bits per heavy atom. The molecule has 3 heteroatoms. The fourth-order valence-electron chi connectivity index (χ4n) is 1.87. The summed E-state index contributed by atoms with van der Waals surface area (Å²) in [4.78, 5) is 0. The van der Waals surface area contributed by atoms with Crippen molar-refractivity contribution in [3.63, 3.8) is 0 Å². The van der Waals surface area contributed by atoms with Gasteiger partial charge in [-0.1, -0.05) is 48.0 Å². The molecule has 0 bridgehead atoms. The van der Waals surface area contributed by atoms with E-state index in [2.05, 4.69) is 38.7 Å². The van der Waals surface area contributed by atoms with E-state index in [1.54, 1.807) is 0 Å². The molecule has 0 amide bonds. The van der Waals surface area contributed by atoms with Crippen LogP contribution in [0.25, 0.3) is 0 Å². The zero-order chi connectivity index (χ0) is 11.6. The van der Waals surface area contributed by atoms with Crippen molar-refractivity contribution in [2.75, 3.05) is 5.33 Å². The van der Waals surface area contributed by atoms with E-state index in [4.69, 9.17) is 0 Å². The molecule has 0 aromatic carbocycles. The van der Waals surface area contributed by atoms with Crippen LogP contribution in [0, 0.1) is 6.92 Å². The summed E-state index contributed by atoms with van der Waals surface area (Å²) in [5, 5.41) is 5.44. The lowest BCUT2D eigenvalue weighted by Gasteiger charge is -2.04. The number of hydrogen-bond acceptors (Lipinski definition) is 1. The second kappa shape index (κ2) is 8.80. The third-order valence-electron chi connectivity index (χ3n) is 2.93. The van der Waals surface area contributed by atoms with Gasteiger partial charge in [-0.15, -0.1) is 0 Å². The first-order valence-electron chi connectivity index (χ1n) is 6.39. The molecule has 0 aliphatic heterocycles. The van der Waals surface area contributed by atoms with Gasteiger partial charge < -0.3 is 0 Å². The number of unbranched alkanes of at least 4 members (excludes halogenated alkanes) is 6. The van der Waals surface area contributed by atoms with Crippen LogP contribution in [0.4, 0.5) is 0 Å². The van der Waals surface area contributed by atoms with E-state index in [9.17, 15) is 0 Å². The molecule has 1 rings (SSSR count). The van der Waals surface area contributed by atoms with Crippen molar-refractivity contribution in [1.29, 1.82) is 0 Å². The van der Waals surface area contributed by atoms with Crippen LogP contribution in [0.5, 0.6) is 0 Å². The lowest BCUT2D eigenvalue weighted by molar-refractivity contribution is 0.516. The topological polar surface area (TPSA) is 17.8 Å². The van der Waals surface area contributed by atoms with Gasteiger partial charge in [-0.2, -0.15) is 5.10 Å². The van der Waals surface area contributed by atoms with Crippen molar-refractivity contribution in [1.82, 2.24) is 9.78 Å². The van der Waals surface area contributed by atoms with Crippen LogP contribution < -0.4 is 0 Å². The fraction of sp³-hybridized carbons (Fsp3) is 0.769. The maximum Gasteiger partial charge on any atom is 0.0492 e. The van der Waals surface area contributed by atoms with Crippen molar-refractivity contribution in [3.05, 3.63) is 18.0 Å². The van der Waals surface area contributed by atoms with Crippen molar-refractivity contribution in [2.24, 2.45) is 0 Å². The average Bonchev–Trinajstić information content (AvgIpc) is 2.68. The Balaban J connectivity index is 1.91. The first-order valence-corrected chi connectivity index (χ1v) is 7.51. The maximum absolute atomic E-state index is 4.29. The lowest BCUT2D eigenvalue weighted by Crippen LogP contribution is -2.01. The second-order valence-electron chi connectivity index (χ2n) is 4.36. The molecule has 0 aliphatic rings. The fourth-order valence-corrected chi connectivity index (χ4v) is 2.27. The molecule has 92 valence electrons. The number of aryl methyl sites for hydroxylation is 2. The molecule has 1 aromatic rings. The summed E-state index contributed by atoms with van der Waals surface area (Å²) < 4.78 is 2.10. The monoisotopic (exact) mass is 286 g/mol. The molecular weight excluding hydrogens is 264 g/mol. The highest BCUT2D eigenvalue weighted by Gasteiger charge is 1.96. The van der Waals surface area contributed by atoms with Gasteiger partial charge in [0.25, 0.3) is 0 Å². The average molecular weight is 287 g/mol. The van der Waals surface area contributed by atoms with Crippen LogP contribution in [0.2, 0.25) is 0 Å². The minimum absolute atomic E-state index is 1.08. The van der Waals surface area contributed by atoms with E-state index >= 15 is 0 Å². The molecule has 1 aromatic heterocycles. The van der Waals surface area contributed by atoms with Crippen molar-refractivity contribution >= 4 is 15.9 Å². The van der Waals surface area contributed by atoms with E-state index in [1.165, 1.54) is 50.6 Å². The maximum atomic E-state index is 4.29. The van der Waals surface area contributed by atoms with E-state index in [0.29, 0.717) is 0 Å². The van der Waals surface area contributed by atoms with Gasteiger partial charge >= 0.3 is 0 Å². The zero-order valence-corrected chi connectivity index (χ0v) is 11.9. The summed E-state index contributed by atoms with van der Waals surface area (Å²) in [7, 11) is 0. The van der Waals surface area contributed by atoms with Gasteiger partial charge in [0.05, 0.1) is 0 Å². The Labute approximate surface area is 108 Å². The number of aromatic nitrogens is 2. The van der Waals surface area contributed by atoms with Crippen LogP contribution in [-0.4, -0.2) is 15.1 Å².